The smallest absolute Gasteiger partial charge is 0.321 e. The number of carbonyl (C=O) groups excluding carboxylic acids is 1. The molecule has 1 aromatic heterocycles. The van der Waals surface area contributed by atoms with Crippen molar-refractivity contribution in [2.24, 2.45) is 11.8 Å². The summed E-state index contributed by atoms with van der Waals surface area (Å²) in [6.45, 7) is 4.33. The standard InChI is InChI=1S/C16H13F4NO2/c1-6-8(3)21-10-5-4-9(17)13(18)11(10)14(6)23-15(22)12-7(2)16(12,19)20/h4-5,7,12H,1-3H3. The van der Waals surface area contributed by atoms with Gasteiger partial charge in [0.05, 0.1) is 10.9 Å². The third-order valence-electron chi connectivity index (χ3n) is 4.34. The number of esters is 1. The van der Waals surface area contributed by atoms with Gasteiger partial charge in [-0.2, -0.15) is 0 Å². The summed E-state index contributed by atoms with van der Waals surface area (Å²) in [5, 5.41) is -0.321. The molecule has 1 heterocycles. The molecular weight excluding hydrogens is 314 g/mol. The Balaban J connectivity index is 2.11. The third-order valence-corrected chi connectivity index (χ3v) is 4.34. The maximum absolute atomic E-state index is 14.1. The van der Waals surface area contributed by atoms with E-state index in [1.807, 2.05) is 0 Å². The predicted molar refractivity (Wildman–Crippen MR) is 74.4 cm³/mol. The van der Waals surface area contributed by atoms with Crippen molar-refractivity contribution >= 4 is 16.9 Å². The van der Waals surface area contributed by atoms with E-state index in [1.54, 1.807) is 6.92 Å². The van der Waals surface area contributed by atoms with Crippen LogP contribution in [-0.2, 0) is 4.79 Å². The number of halogens is 4. The van der Waals surface area contributed by atoms with Gasteiger partial charge in [-0.15, -0.1) is 0 Å². The van der Waals surface area contributed by atoms with Gasteiger partial charge < -0.3 is 4.74 Å². The Labute approximate surface area is 129 Å². The van der Waals surface area contributed by atoms with Crippen molar-refractivity contribution in [3.63, 3.8) is 0 Å². The van der Waals surface area contributed by atoms with Crippen LogP contribution in [0.2, 0.25) is 0 Å². The second-order valence-electron chi connectivity index (χ2n) is 5.77. The van der Waals surface area contributed by atoms with Gasteiger partial charge in [0.1, 0.15) is 11.7 Å². The highest BCUT2D eigenvalue weighted by Gasteiger charge is 2.70. The van der Waals surface area contributed by atoms with Crippen molar-refractivity contribution in [3.8, 4) is 5.75 Å². The summed E-state index contributed by atoms with van der Waals surface area (Å²) in [5.74, 6) is -9.60. The molecule has 2 aromatic rings. The molecule has 0 N–H and O–H groups in total. The number of nitrogens with zero attached hydrogens (tertiary/aromatic N) is 1. The summed E-state index contributed by atoms with van der Waals surface area (Å²) in [7, 11) is 0. The molecule has 1 aliphatic rings. The summed E-state index contributed by atoms with van der Waals surface area (Å²) < 4.78 is 59.3. The van der Waals surface area contributed by atoms with Gasteiger partial charge in [0.15, 0.2) is 11.6 Å². The number of ether oxygens (including phenoxy) is 1. The van der Waals surface area contributed by atoms with Crippen LogP contribution in [0.25, 0.3) is 10.9 Å². The summed E-state index contributed by atoms with van der Waals surface area (Å²) in [4.78, 5) is 16.1. The zero-order chi connectivity index (χ0) is 17.1. The summed E-state index contributed by atoms with van der Waals surface area (Å²) >= 11 is 0. The molecule has 0 aliphatic heterocycles. The van der Waals surface area contributed by atoms with E-state index in [2.05, 4.69) is 4.98 Å². The molecule has 1 fully saturated rings. The number of rotatable bonds is 2. The van der Waals surface area contributed by atoms with Crippen molar-refractivity contribution in [2.45, 2.75) is 26.7 Å². The topological polar surface area (TPSA) is 39.2 Å². The normalized spacial score (nSPS) is 22.2. The second kappa shape index (κ2) is 4.91. The number of hydrogen-bond acceptors (Lipinski definition) is 3. The maximum atomic E-state index is 14.1. The number of aromatic nitrogens is 1. The van der Waals surface area contributed by atoms with Gasteiger partial charge in [0.25, 0.3) is 5.92 Å². The van der Waals surface area contributed by atoms with Gasteiger partial charge >= 0.3 is 5.97 Å². The molecule has 3 nitrogen and oxygen atoms in total. The van der Waals surface area contributed by atoms with Gasteiger partial charge in [-0.25, -0.2) is 17.6 Å². The van der Waals surface area contributed by atoms with Crippen LogP contribution in [-0.4, -0.2) is 16.9 Å². The van der Waals surface area contributed by atoms with Crippen LogP contribution < -0.4 is 4.74 Å². The molecule has 0 spiro atoms. The first-order chi connectivity index (χ1) is 10.7. The van der Waals surface area contributed by atoms with Gasteiger partial charge in [0.2, 0.25) is 0 Å². The number of carbonyl (C=O) groups is 1. The Morgan fingerprint density at radius 3 is 2.43 bits per heavy atom. The Morgan fingerprint density at radius 2 is 1.87 bits per heavy atom. The zero-order valence-corrected chi connectivity index (χ0v) is 12.6. The molecular formula is C16H13F4NO2. The lowest BCUT2D eigenvalue weighted by Gasteiger charge is -2.13. The van der Waals surface area contributed by atoms with E-state index in [0.29, 0.717) is 11.3 Å². The zero-order valence-electron chi connectivity index (χ0n) is 12.6. The monoisotopic (exact) mass is 327 g/mol. The highest BCUT2D eigenvalue weighted by molar-refractivity contribution is 5.91. The molecule has 1 aromatic carbocycles. The van der Waals surface area contributed by atoms with E-state index >= 15 is 0 Å². The van der Waals surface area contributed by atoms with Crippen molar-refractivity contribution in [2.75, 3.05) is 0 Å². The highest BCUT2D eigenvalue weighted by Crippen LogP contribution is 2.55. The van der Waals surface area contributed by atoms with Crippen molar-refractivity contribution in [3.05, 3.63) is 35.0 Å². The van der Waals surface area contributed by atoms with Crippen LogP contribution >= 0.6 is 0 Å². The lowest BCUT2D eigenvalue weighted by atomic mass is 10.1. The first kappa shape index (κ1) is 15.7. The minimum absolute atomic E-state index is 0.0883. The van der Waals surface area contributed by atoms with Crippen molar-refractivity contribution < 1.29 is 27.1 Å². The number of alkyl halides is 2. The molecule has 0 radical (unpaired) electrons. The summed E-state index contributed by atoms with van der Waals surface area (Å²) in [5.41, 5.74) is 0.819. The highest BCUT2D eigenvalue weighted by atomic mass is 19.3. The minimum atomic E-state index is -3.13. The number of pyridine rings is 1. The van der Waals surface area contributed by atoms with Gasteiger partial charge in [-0.1, -0.05) is 6.92 Å². The molecule has 2 atom stereocenters. The first-order valence-corrected chi connectivity index (χ1v) is 7.00. The van der Waals surface area contributed by atoms with E-state index in [-0.39, 0.29) is 16.7 Å². The number of fused-ring (bicyclic) bond motifs is 1. The number of benzene rings is 1. The molecule has 1 aliphatic carbocycles. The molecule has 0 amide bonds. The lowest BCUT2D eigenvalue weighted by molar-refractivity contribution is -0.138. The first-order valence-electron chi connectivity index (χ1n) is 7.00. The van der Waals surface area contributed by atoms with Crippen molar-refractivity contribution in [1.29, 1.82) is 0 Å². The lowest BCUT2D eigenvalue weighted by Crippen LogP contribution is -2.16. The average Bonchev–Trinajstić information content (AvgIpc) is 2.98. The van der Waals surface area contributed by atoms with Crippen LogP contribution in [0.1, 0.15) is 18.2 Å². The van der Waals surface area contributed by atoms with E-state index in [0.717, 1.165) is 6.07 Å². The third kappa shape index (κ3) is 2.26. The predicted octanol–water partition coefficient (Wildman–Crippen LogP) is 3.94. The fourth-order valence-corrected chi connectivity index (χ4v) is 2.60. The maximum Gasteiger partial charge on any atom is 0.321 e. The summed E-state index contributed by atoms with van der Waals surface area (Å²) in [6.07, 6.45) is 0. The quantitative estimate of drug-likeness (QED) is 0.619. The fraction of sp³-hybridized carbons (Fsp3) is 0.375. The molecule has 0 saturated heterocycles. The molecule has 3 rings (SSSR count). The Morgan fingerprint density at radius 1 is 1.26 bits per heavy atom. The second-order valence-corrected chi connectivity index (χ2v) is 5.77. The molecule has 2 unspecified atom stereocenters. The van der Waals surface area contributed by atoms with Crippen LogP contribution in [0.4, 0.5) is 17.6 Å². The molecule has 23 heavy (non-hydrogen) atoms. The van der Waals surface area contributed by atoms with Gasteiger partial charge in [-0.05, 0) is 26.0 Å². The summed E-state index contributed by atoms with van der Waals surface area (Å²) in [6, 6.07) is 2.15. The van der Waals surface area contributed by atoms with Crippen molar-refractivity contribution in [1.82, 2.24) is 4.98 Å². The van der Waals surface area contributed by atoms with Gasteiger partial charge in [0, 0.05) is 17.2 Å². The van der Waals surface area contributed by atoms with Crippen LogP contribution in [0.5, 0.6) is 5.75 Å². The van der Waals surface area contributed by atoms with Crippen LogP contribution in [0.3, 0.4) is 0 Å². The molecule has 7 heteroatoms. The Kier molecular flexibility index (Phi) is 3.35. The Hall–Kier alpha value is -2.18. The molecule has 0 bridgehead atoms. The fourth-order valence-electron chi connectivity index (χ4n) is 2.60. The molecule has 1 saturated carbocycles. The van der Waals surface area contributed by atoms with E-state index in [4.69, 9.17) is 4.74 Å². The van der Waals surface area contributed by atoms with E-state index in [1.165, 1.54) is 19.9 Å². The number of hydrogen-bond donors (Lipinski definition) is 0. The van der Waals surface area contributed by atoms with Crippen LogP contribution in [0.15, 0.2) is 12.1 Å². The van der Waals surface area contributed by atoms with E-state index < -0.39 is 35.4 Å². The van der Waals surface area contributed by atoms with E-state index in [9.17, 15) is 22.4 Å². The minimum Gasteiger partial charge on any atom is -0.425 e. The average molecular weight is 327 g/mol. The largest absolute Gasteiger partial charge is 0.425 e. The van der Waals surface area contributed by atoms with Crippen LogP contribution in [0, 0.1) is 37.3 Å². The number of aryl methyl sites for hydroxylation is 1. The molecule has 122 valence electrons. The van der Waals surface area contributed by atoms with Gasteiger partial charge in [-0.3, -0.25) is 9.78 Å². The SMILES string of the molecule is Cc1nc2ccc(F)c(F)c2c(OC(=O)C2C(C)C2(F)F)c1C. The Bertz CT molecular complexity index is 835.